The number of methoxy groups -OCH3 is 1. The molecule has 0 fully saturated rings. The van der Waals surface area contributed by atoms with E-state index in [1.54, 1.807) is 18.4 Å². The van der Waals surface area contributed by atoms with E-state index in [2.05, 4.69) is 29.4 Å². The average molecular weight is 262 g/mol. The number of likely N-dealkylation sites (N-methyl/N-ethyl adjacent to an activating group) is 1. The summed E-state index contributed by atoms with van der Waals surface area (Å²) in [4.78, 5) is 5.70. The van der Waals surface area contributed by atoms with Crippen molar-refractivity contribution >= 4 is 11.3 Å². The highest BCUT2D eigenvalue weighted by Gasteiger charge is 2.21. The van der Waals surface area contributed by atoms with Gasteiger partial charge in [0, 0.05) is 34.1 Å². The van der Waals surface area contributed by atoms with Gasteiger partial charge >= 0.3 is 0 Å². The summed E-state index contributed by atoms with van der Waals surface area (Å²) in [6.07, 6.45) is 1.84. The summed E-state index contributed by atoms with van der Waals surface area (Å²) in [5.74, 6) is 1.24. The Morgan fingerprint density at radius 3 is 2.78 bits per heavy atom. The molecule has 18 heavy (non-hydrogen) atoms. The van der Waals surface area contributed by atoms with Gasteiger partial charge in [-0.25, -0.2) is 0 Å². The van der Waals surface area contributed by atoms with Crippen molar-refractivity contribution in [1.82, 2.24) is 10.3 Å². The number of ether oxygens (including phenoxy) is 1. The number of pyridine rings is 1. The molecular formula is C14H18N2OS. The van der Waals surface area contributed by atoms with Crippen molar-refractivity contribution in [2.45, 2.75) is 18.9 Å². The third kappa shape index (κ3) is 2.71. The van der Waals surface area contributed by atoms with Gasteiger partial charge in [0.15, 0.2) is 0 Å². The molecule has 1 N–H and O–H groups in total. The van der Waals surface area contributed by atoms with Crippen LogP contribution in [0.25, 0.3) is 0 Å². The van der Waals surface area contributed by atoms with E-state index in [9.17, 15) is 0 Å². The van der Waals surface area contributed by atoms with E-state index in [4.69, 9.17) is 4.74 Å². The number of aromatic nitrogens is 1. The molecule has 2 aromatic rings. The molecule has 0 radical (unpaired) electrons. The second-order valence-electron chi connectivity index (χ2n) is 4.20. The van der Waals surface area contributed by atoms with E-state index >= 15 is 0 Å². The monoisotopic (exact) mass is 262 g/mol. The molecule has 4 heteroatoms. The highest BCUT2D eigenvalue weighted by Crippen LogP contribution is 2.34. The Labute approximate surface area is 112 Å². The van der Waals surface area contributed by atoms with Gasteiger partial charge in [-0.15, -0.1) is 11.3 Å². The van der Waals surface area contributed by atoms with Crippen molar-refractivity contribution in [3.63, 3.8) is 0 Å². The lowest BCUT2D eigenvalue weighted by Crippen LogP contribution is -2.21. The Morgan fingerprint density at radius 1 is 1.39 bits per heavy atom. The zero-order valence-corrected chi connectivity index (χ0v) is 11.7. The van der Waals surface area contributed by atoms with Crippen LogP contribution in [0, 0.1) is 0 Å². The standard InChI is InChI=1S/C14H18N2OS/c1-10(12-6-4-5-7-16-12)14(15-2)13-8-11(17-3)9-18-13/h4-10,14-15H,1-3H3. The second kappa shape index (κ2) is 5.98. The molecule has 0 amide bonds. The van der Waals surface area contributed by atoms with Gasteiger partial charge in [-0.1, -0.05) is 13.0 Å². The van der Waals surface area contributed by atoms with Crippen LogP contribution < -0.4 is 10.1 Å². The number of rotatable bonds is 5. The first-order valence-electron chi connectivity index (χ1n) is 5.97. The van der Waals surface area contributed by atoms with Crippen molar-refractivity contribution in [3.05, 3.63) is 46.4 Å². The molecule has 0 saturated heterocycles. The molecule has 0 saturated carbocycles. The Hall–Kier alpha value is -1.39. The summed E-state index contributed by atoms with van der Waals surface area (Å²) in [6.45, 7) is 2.19. The molecule has 0 bridgehead atoms. The second-order valence-corrected chi connectivity index (χ2v) is 5.14. The minimum absolute atomic E-state index is 0.258. The topological polar surface area (TPSA) is 34.1 Å². The van der Waals surface area contributed by atoms with Crippen molar-refractivity contribution < 1.29 is 4.74 Å². The first-order chi connectivity index (χ1) is 8.76. The average Bonchev–Trinajstić information content (AvgIpc) is 2.89. The predicted molar refractivity (Wildman–Crippen MR) is 75.3 cm³/mol. The van der Waals surface area contributed by atoms with Gasteiger partial charge in [0.1, 0.15) is 5.75 Å². The van der Waals surface area contributed by atoms with Crippen LogP contribution >= 0.6 is 11.3 Å². The van der Waals surface area contributed by atoms with Crippen LogP contribution in [0.1, 0.15) is 29.5 Å². The fourth-order valence-corrected chi connectivity index (χ4v) is 3.13. The summed E-state index contributed by atoms with van der Waals surface area (Å²) < 4.78 is 5.24. The van der Waals surface area contributed by atoms with E-state index in [-0.39, 0.29) is 6.04 Å². The molecule has 0 aliphatic carbocycles. The van der Waals surface area contributed by atoms with E-state index in [0.717, 1.165) is 11.4 Å². The van der Waals surface area contributed by atoms with Crippen LogP contribution in [0.2, 0.25) is 0 Å². The summed E-state index contributed by atoms with van der Waals surface area (Å²) in [5.41, 5.74) is 1.10. The summed E-state index contributed by atoms with van der Waals surface area (Å²) in [6, 6.07) is 8.39. The highest BCUT2D eigenvalue weighted by molar-refractivity contribution is 7.10. The fraction of sp³-hybridized carbons (Fsp3) is 0.357. The Kier molecular flexibility index (Phi) is 4.33. The molecule has 0 aliphatic rings. The molecule has 2 aromatic heterocycles. The molecule has 2 heterocycles. The van der Waals surface area contributed by atoms with Crippen LogP contribution in [0.5, 0.6) is 5.75 Å². The summed E-state index contributed by atoms with van der Waals surface area (Å²) in [7, 11) is 3.68. The van der Waals surface area contributed by atoms with Crippen LogP contribution in [0.15, 0.2) is 35.8 Å². The number of hydrogen-bond donors (Lipinski definition) is 1. The number of thiophene rings is 1. The van der Waals surface area contributed by atoms with Gasteiger partial charge in [-0.2, -0.15) is 0 Å². The van der Waals surface area contributed by atoms with Gasteiger partial charge in [0.05, 0.1) is 7.11 Å². The Morgan fingerprint density at radius 2 is 2.22 bits per heavy atom. The van der Waals surface area contributed by atoms with Crippen LogP contribution in [-0.4, -0.2) is 19.1 Å². The quantitative estimate of drug-likeness (QED) is 0.898. The predicted octanol–water partition coefficient (Wildman–Crippen LogP) is 3.22. The van der Waals surface area contributed by atoms with E-state index in [0.29, 0.717) is 5.92 Å². The largest absolute Gasteiger partial charge is 0.496 e. The van der Waals surface area contributed by atoms with Crippen molar-refractivity contribution in [3.8, 4) is 5.75 Å². The maximum absolute atomic E-state index is 5.24. The van der Waals surface area contributed by atoms with Gasteiger partial charge in [0.25, 0.3) is 0 Å². The fourth-order valence-electron chi connectivity index (χ4n) is 2.06. The zero-order valence-electron chi connectivity index (χ0n) is 10.9. The van der Waals surface area contributed by atoms with Gasteiger partial charge < -0.3 is 10.1 Å². The molecule has 0 aliphatic heterocycles. The van der Waals surface area contributed by atoms with E-state index in [1.807, 2.05) is 30.8 Å². The third-order valence-corrected chi connectivity index (χ3v) is 4.10. The maximum atomic E-state index is 5.24. The van der Waals surface area contributed by atoms with Crippen molar-refractivity contribution in [2.24, 2.45) is 0 Å². The van der Waals surface area contributed by atoms with Crippen LogP contribution in [0.3, 0.4) is 0 Å². The Balaban J connectivity index is 2.23. The lowest BCUT2D eigenvalue weighted by Gasteiger charge is -2.21. The van der Waals surface area contributed by atoms with Gasteiger partial charge in [0.2, 0.25) is 0 Å². The molecule has 3 nitrogen and oxygen atoms in total. The van der Waals surface area contributed by atoms with Crippen molar-refractivity contribution in [2.75, 3.05) is 14.2 Å². The van der Waals surface area contributed by atoms with Crippen LogP contribution in [0.4, 0.5) is 0 Å². The first-order valence-corrected chi connectivity index (χ1v) is 6.85. The molecule has 2 unspecified atom stereocenters. The normalized spacial score (nSPS) is 14.2. The van der Waals surface area contributed by atoms with Crippen LogP contribution in [-0.2, 0) is 0 Å². The Bertz CT molecular complexity index is 484. The van der Waals surface area contributed by atoms with Crippen molar-refractivity contribution in [1.29, 1.82) is 0 Å². The molecule has 2 rings (SSSR count). The van der Waals surface area contributed by atoms with E-state index < -0.39 is 0 Å². The summed E-state index contributed by atoms with van der Waals surface area (Å²) in [5, 5.41) is 5.40. The van der Waals surface area contributed by atoms with Gasteiger partial charge in [-0.3, -0.25) is 4.98 Å². The van der Waals surface area contributed by atoms with Gasteiger partial charge in [-0.05, 0) is 25.2 Å². The minimum Gasteiger partial charge on any atom is -0.496 e. The maximum Gasteiger partial charge on any atom is 0.129 e. The molecule has 0 spiro atoms. The summed E-state index contributed by atoms with van der Waals surface area (Å²) >= 11 is 1.71. The SMILES string of the molecule is CNC(c1cc(OC)cs1)C(C)c1ccccn1. The lowest BCUT2D eigenvalue weighted by molar-refractivity contribution is 0.415. The molecular weight excluding hydrogens is 244 g/mol. The minimum atomic E-state index is 0.258. The first kappa shape index (κ1) is 13.1. The number of nitrogens with one attached hydrogen (secondary N) is 1. The molecule has 0 aromatic carbocycles. The smallest absolute Gasteiger partial charge is 0.129 e. The zero-order chi connectivity index (χ0) is 13.0. The number of nitrogens with zero attached hydrogens (tertiary/aromatic N) is 1. The number of hydrogen-bond acceptors (Lipinski definition) is 4. The molecule has 96 valence electrons. The molecule has 2 atom stereocenters. The lowest BCUT2D eigenvalue weighted by atomic mass is 9.96. The highest BCUT2D eigenvalue weighted by atomic mass is 32.1. The third-order valence-electron chi connectivity index (χ3n) is 3.10. The van der Waals surface area contributed by atoms with E-state index in [1.165, 1.54) is 4.88 Å².